The SMILES string of the molecule is CC[C@H](c1cc(C)ccn1)n1cnc2cccc(C)c2c1=O. The molecular weight excluding hydrogens is 274 g/mol. The lowest BCUT2D eigenvalue weighted by molar-refractivity contribution is 0.530. The van der Waals surface area contributed by atoms with Crippen molar-refractivity contribution >= 4 is 10.9 Å². The van der Waals surface area contributed by atoms with Crippen molar-refractivity contribution in [3.8, 4) is 0 Å². The van der Waals surface area contributed by atoms with Crippen LogP contribution >= 0.6 is 0 Å². The number of pyridine rings is 1. The van der Waals surface area contributed by atoms with E-state index in [1.807, 2.05) is 44.2 Å². The molecule has 0 saturated carbocycles. The topological polar surface area (TPSA) is 47.8 Å². The largest absolute Gasteiger partial charge is 0.290 e. The van der Waals surface area contributed by atoms with Gasteiger partial charge in [0.15, 0.2) is 0 Å². The molecule has 0 aliphatic heterocycles. The molecule has 3 rings (SSSR count). The Morgan fingerprint density at radius 2 is 2.00 bits per heavy atom. The highest BCUT2D eigenvalue weighted by Gasteiger charge is 2.17. The molecule has 1 aromatic carbocycles. The molecule has 0 aliphatic rings. The zero-order valence-electron chi connectivity index (χ0n) is 13.1. The number of hydrogen-bond acceptors (Lipinski definition) is 3. The van der Waals surface area contributed by atoms with Gasteiger partial charge in [-0.2, -0.15) is 0 Å². The summed E-state index contributed by atoms with van der Waals surface area (Å²) >= 11 is 0. The van der Waals surface area contributed by atoms with Gasteiger partial charge in [0.05, 0.1) is 29.0 Å². The minimum absolute atomic E-state index is 0.00161. The highest BCUT2D eigenvalue weighted by molar-refractivity contribution is 5.80. The second kappa shape index (κ2) is 5.72. The average Bonchev–Trinajstić information content (AvgIpc) is 2.50. The molecule has 0 radical (unpaired) electrons. The highest BCUT2D eigenvalue weighted by Crippen LogP contribution is 2.20. The van der Waals surface area contributed by atoms with Gasteiger partial charge in [-0.3, -0.25) is 14.3 Å². The van der Waals surface area contributed by atoms with E-state index in [9.17, 15) is 4.79 Å². The van der Waals surface area contributed by atoms with E-state index in [1.54, 1.807) is 17.1 Å². The number of aromatic nitrogens is 3. The highest BCUT2D eigenvalue weighted by atomic mass is 16.1. The van der Waals surface area contributed by atoms with Gasteiger partial charge in [-0.05, 0) is 49.6 Å². The lowest BCUT2D eigenvalue weighted by Crippen LogP contribution is -2.26. The van der Waals surface area contributed by atoms with E-state index in [-0.39, 0.29) is 11.6 Å². The van der Waals surface area contributed by atoms with Crippen molar-refractivity contribution in [3.05, 3.63) is 70.0 Å². The number of rotatable bonds is 3. The maximum Gasteiger partial charge on any atom is 0.262 e. The minimum Gasteiger partial charge on any atom is -0.290 e. The lowest BCUT2D eigenvalue weighted by Gasteiger charge is -2.18. The Morgan fingerprint density at radius 1 is 1.18 bits per heavy atom. The fraction of sp³-hybridized carbons (Fsp3) is 0.278. The average molecular weight is 293 g/mol. The first kappa shape index (κ1) is 14.4. The monoisotopic (exact) mass is 293 g/mol. The summed E-state index contributed by atoms with van der Waals surface area (Å²) in [5, 5.41) is 0.691. The van der Waals surface area contributed by atoms with Crippen molar-refractivity contribution in [3.63, 3.8) is 0 Å². The maximum atomic E-state index is 12.9. The van der Waals surface area contributed by atoms with Crippen LogP contribution in [-0.2, 0) is 0 Å². The number of aryl methyl sites for hydroxylation is 2. The van der Waals surface area contributed by atoms with Gasteiger partial charge in [0, 0.05) is 6.20 Å². The molecule has 0 saturated heterocycles. The zero-order chi connectivity index (χ0) is 15.7. The number of benzene rings is 1. The predicted octanol–water partition coefficient (Wildman–Crippen LogP) is 3.41. The van der Waals surface area contributed by atoms with Crippen LogP contribution in [0.1, 0.15) is 36.2 Å². The van der Waals surface area contributed by atoms with Crippen LogP contribution < -0.4 is 5.56 Å². The summed E-state index contributed by atoms with van der Waals surface area (Å²) in [6.45, 7) is 6.04. The van der Waals surface area contributed by atoms with E-state index < -0.39 is 0 Å². The van der Waals surface area contributed by atoms with Gasteiger partial charge < -0.3 is 0 Å². The van der Waals surface area contributed by atoms with Crippen molar-refractivity contribution in [2.24, 2.45) is 0 Å². The molecule has 22 heavy (non-hydrogen) atoms. The first-order valence-electron chi connectivity index (χ1n) is 7.51. The lowest BCUT2D eigenvalue weighted by atomic mass is 10.1. The summed E-state index contributed by atoms with van der Waals surface area (Å²) in [6, 6.07) is 9.64. The van der Waals surface area contributed by atoms with Crippen molar-refractivity contribution in [1.29, 1.82) is 0 Å². The summed E-state index contributed by atoms with van der Waals surface area (Å²) in [4.78, 5) is 21.8. The smallest absolute Gasteiger partial charge is 0.262 e. The molecule has 3 aromatic rings. The molecule has 0 fully saturated rings. The van der Waals surface area contributed by atoms with Crippen molar-refractivity contribution < 1.29 is 0 Å². The third-order valence-electron chi connectivity index (χ3n) is 4.02. The van der Waals surface area contributed by atoms with Crippen LogP contribution in [0.5, 0.6) is 0 Å². The summed E-state index contributed by atoms with van der Waals surface area (Å²) < 4.78 is 1.71. The number of hydrogen-bond donors (Lipinski definition) is 0. The molecule has 0 unspecified atom stereocenters. The van der Waals surface area contributed by atoms with Crippen molar-refractivity contribution in [2.75, 3.05) is 0 Å². The minimum atomic E-state index is -0.0936. The van der Waals surface area contributed by atoms with Gasteiger partial charge in [-0.25, -0.2) is 4.98 Å². The molecule has 112 valence electrons. The van der Waals surface area contributed by atoms with E-state index in [2.05, 4.69) is 16.9 Å². The van der Waals surface area contributed by atoms with E-state index >= 15 is 0 Å². The van der Waals surface area contributed by atoms with Crippen LogP contribution in [0.4, 0.5) is 0 Å². The summed E-state index contributed by atoms with van der Waals surface area (Å²) in [5.41, 5.74) is 3.74. The number of nitrogens with zero attached hydrogens (tertiary/aromatic N) is 3. The molecule has 0 N–H and O–H groups in total. The van der Waals surface area contributed by atoms with E-state index in [0.717, 1.165) is 28.8 Å². The van der Waals surface area contributed by atoms with Gasteiger partial charge in [0.25, 0.3) is 5.56 Å². The van der Waals surface area contributed by atoms with Gasteiger partial charge in [0.1, 0.15) is 0 Å². The van der Waals surface area contributed by atoms with Crippen LogP contribution in [0, 0.1) is 13.8 Å². The van der Waals surface area contributed by atoms with E-state index in [0.29, 0.717) is 5.39 Å². The number of fused-ring (bicyclic) bond motifs is 1. The Bertz CT molecular complexity index is 883. The molecule has 0 aliphatic carbocycles. The first-order chi connectivity index (χ1) is 10.6. The Balaban J connectivity index is 2.22. The first-order valence-corrected chi connectivity index (χ1v) is 7.51. The third kappa shape index (κ3) is 2.41. The Hall–Kier alpha value is -2.49. The van der Waals surface area contributed by atoms with Gasteiger partial charge in [0.2, 0.25) is 0 Å². The molecule has 4 nitrogen and oxygen atoms in total. The quantitative estimate of drug-likeness (QED) is 0.743. The normalized spacial score (nSPS) is 12.5. The maximum absolute atomic E-state index is 12.9. The van der Waals surface area contributed by atoms with Crippen LogP contribution in [0.15, 0.2) is 47.7 Å². The van der Waals surface area contributed by atoms with Gasteiger partial charge >= 0.3 is 0 Å². The van der Waals surface area contributed by atoms with E-state index in [4.69, 9.17) is 0 Å². The fourth-order valence-corrected chi connectivity index (χ4v) is 2.86. The molecule has 0 spiro atoms. The van der Waals surface area contributed by atoms with Gasteiger partial charge in [-0.15, -0.1) is 0 Å². The second-order valence-corrected chi connectivity index (χ2v) is 5.61. The zero-order valence-corrected chi connectivity index (χ0v) is 13.1. The molecule has 4 heteroatoms. The van der Waals surface area contributed by atoms with E-state index in [1.165, 1.54) is 0 Å². The standard InChI is InChI=1S/C18H19N3O/c1-4-16(15-10-12(2)8-9-19-15)21-11-20-14-7-5-6-13(3)17(14)18(21)22/h5-11,16H,4H2,1-3H3/t16-/m1/s1. The van der Waals surface area contributed by atoms with Crippen LogP contribution in [0.3, 0.4) is 0 Å². The molecular formula is C18H19N3O. The summed E-state index contributed by atoms with van der Waals surface area (Å²) in [5.74, 6) is 0. The van der Waals surface area contributed by atoms with Crippen LogP contribution in [-0.4, -0.2) is 14.5 Å². The Kier molecular flexibility index (Phi) is 3.75. The molecule has 2 heterocycles. The molecule has 0 amide bonds. The van der Waals surface area contributed by atoms with Crippen LogP contribution in [0.25, 0.3) is 10.9 Å². The summed E-state index contributed by atoms with van der Waals surface area (Å²) in [6.07, 6.45) is 4.22. The molecule has 2 aromatic heterocycles. The predicted molar refractivity (Wildman–Crippen MR) is 88.1 cm³/mol. The Morgan fingerprint density at radius 3 is 2.73 bits per heavy atom. The molecule has 0 bridgehead atoms. The Labute approximate surface area is 129 Å². The van der Waals surface area contributed by atoms with Crippen molar-refractivity contribution in [2.45, 2.75) is 33.2 Å². The molecule has 1 atom stereocenters. The second-order valence-electron chi connectivity index (χ2n) is 5.61. The van der Waals surface area contributed by atoms with Crippen LogP contribution in [0.2, 0.25) is 0 Å². The third-order valence-corrected chi connectivity index (χ3v) is 4.02. The fourth-order valence-electron chi connectivity index (χ4n) is 2.86. The summed E-state index contributed by atoms with van der Waals surface area (Å²) in [7, 11) is 0. The van der Waals surface area contributed by atoms with Crippen molar-refractivity contribution in [1.82, 2.24) is 14.5 Å². The van der Waals surface area contributed by atoms with Gasteiger partial charge in [-0.1, -0.05) is 19.1 Å².